The molecule has 2 aromatic rings. The average molecular weight is 484 g/mol. The summed E-state index contributed by atoms with van der Waals surface area (Å²) in [4.78, 5) is 26.2. The number of methoxy groups -OCH3 is 1. The number of aliphatic hydroxyl groups excluding tert-OH is 2. The first-order valence-electron chi connectivity index (χ1n) is 10.9. The number of rotatable bonds is 11. The fourth-order valence-corrected chi connectivity index (χ4v) is 3.78. The zero-order valence-corrected chi connectivity index (χ0v) is 20.1. The molecule has 8 heteroatoms. The van der Waals surface area contributed by atoms with Crippen LogP contribution >= 0.6 is 11.3 Å². The molecule has 1 aromatic carbocycles. The van der Waals surface area contributed by atoms with Gasteiger partial charge in [0.15, 0.2) is 6.04 Å². The van der Waals surface area contributed by atoms with Crippen LogP contribution in [0.3, 0.4) is 0 Å². The minimum atomic E-state index is -1.14. The van der Waals surface area contributed by atoms with Crippen LogP contribution in [-0.4, -0.2) is 61.2 Å². The summed E-state index contributed by atoms with van der Waals surface area (Å²) in [6, 6.07) is 9.46. The molecule has 2 atom stereocenters. The van der Waals surface area contributed by atoms with Gasteiger partial charge in [-0.1, -0.05) is 5.92 Å². The second-order valence-corrected chi connectivity index (χ2v) is 8.52. The van der Waals surface area contributed by atoms with Crippen molar-refractivity contribution < 1.29 is 29.3 Å². The van der Waals surface area contributed by atoms with Crippen molar-refractivity contribution in [3.05, 3.63) is 57.3 Å². The standard InChI is InChI=1S/C26H29NO6S/c1-19(29)24(26(31)32-2)27-25(30)21-12-10-20(11-13-21)7-3-4-8-22-14-15-23(34-22)9-5-6-17-33-18-16-28/h10-15,19,24,28-29H,5-6,9,16-18H2,1-2H3,(H,27,30)/t19-,24+/m1/s1. The minimum Gasteiger partial charge on any atom is -0.467 e. The van der Waals surface area contributed by atoms with Gasteiger partial charge in [-0.2, -0.15) is 0 Å². The van der Waals surface area contributed by atoms with E-state index in [4.69, 9.17) is 9.84 Å². The number of carbonyl (C=O) groups is 2. The summed E-state index contributed by atoms with van der Waals surface area (Å²) >= 11 is 1.65. The highest BCUT2D eigenvalue weighted by Crippen LogP contribution is 2.17. The third kappa shape index (κ3) is 9.38. The van der Waals surface area contributed by atoms with Crippen molar-refractivity contribution in [2.45, 2.75) is 38.3 Å². The second kappa shape index (κ2) is 14.9. The Morgan fingerprint density at radius 3 is 2.47 bits per heavy atom. The Labute approximate surface area is 204 Å². The van der Waals surface area contributed by atoms with Gasteiger partial charge in [-0.15, -0.1) is 11.3 Å². The van der Waals surface area contributed by atoms with Crippen LogP contribution in [0.4, 0.5) is 0 Å². The van der Waals surface area contributed by atoms with Gasteiger partial charge in [0.25, 0.3) is 5.91 Å². The first kappa shape index (κ1) is 27.1. The van der Waals surface area contributed by atoms with E-state index in [1.807, 2.05) is 6.07 Å². The largest absolute Gasteiger partial charge is 0.467 e. The summed E-state index contributed by atoms with van der Waals surface area (Å²) in [5.41, 5.74) is 1.03. The van der Waals surface area contributed by atoms with E-state index in [0.717, 1.165) is 24.1 Å². The molecular formula is C26H29NO6S. The normalized spacial score (nSPS) is 11.9. The van der Waals surface area contributed by atoms with E-state index in [1.54, 1.807) is 35.6 Å². The van der Waals surface area contributed by atoms with Gasteiger partial charge >= 0.3 is 5.97 Å². The van der Waals surface area contributed by atoms with Gasteiger partial charge in [-0.05, 0) is 80.3 Å². The van der Waals surface area contributed by atoms with Crippen molar-refractivity contribution in [3.8, 4) is 23.7 Å². The molecule has 0 fully saturated rings. The van der Waals surface area contributed by atoms with Crippen molar-refractivity contribution >= 4 is 23.2 Å². The second-order valence-electron chi connectivity index (χ2n) is 7.35. The Morgan fingerprint density at radius 1 is 1.06 bits per heavy atom. The first-order chi connectivity index (χ1) is 16.4. The number of hydrogen-bond donors (Lipinski definition) is 3. The summed E-state index contributed by atoms with van der Waals surface area (Å²) in [6.07, 6.45) is 1.86. The quantitative estimate of drug-likeness (QED) is 0.257. The lowest BCUT2D eigenvalue weighted by atomic mass is 10.1. The molecule has 0 radical (unpaired) electrons. The minimum absolute atomic E-state index is 0.0575. The molecule has 1 aromatic heterocycles. The molecule has 7 nitrogen and oxygen atoms in total. The van der Waals surface area contributed by atoms with Gasteiger partial charge < -0.3 is 25.0 Å². The predicted octanol–water partition coefficient (Wildman–Crippen LogP) is 2.14. The molecule has 34 heavy (non-hydrogen) atoms. The molecule has 0 aliphatic heterocycles. The number of amides is 1. The van der Waals surface area contributed by atoms with E-state index in [9.17, 15) is 14.7 Å². The van der Waals surface area contributed by atoms with E-state index in [0.29, 0.717) is 24.3 Å². The molecule has 0 spiro atoms. The Morgan fingerprint density at radius 2 is 1.79 bits per heavy atom. The lowest BCUT2D eigenvalue weighted by molar-refractivity contribution is -0.145. The molecule has 0 bridgehead atoms. The SMILES string of the molecule is COC(=O)[C@@H](NC(=O)c1ccc(C#CC#Cc2ccc(CCCCOCCO)s2)cc1)[C@@H](C)O. The molecule has 0 aliphatic rings. The van der Waals surface area contributed by atoms with E-state index in [-0.39, 0.29) is 6.61 Å². The average Bonchev–Trinajstić information content (AvgIpc) is 3.29. The van der Waals surface area contributed by atoms with Crippen molar-refractivity contribution in [2.75, 3.05) is 26.9 Å². The van der Waals surface area contributed by atoms with E-state index >= 15 is 0 Å². The van der Waals surface area contributed by atoms with Crippen LogP contribution in [0.5, 0.6) is 0 Å². The number of aryl methyl sites for hydroxylation is 1. The zero-order valence-electron chi connectivity index (χ0n) is 19.3. The summed E-state index contributed by atoms with van der Waals surface area (Å²) in [5.74, 6) is 10.4. The zero-order chi connectivity index (χ0) is 24.8. The number of hydrogen-bond acceptors (Lipinski definition) is 7. The highest BCUT2D eigenvalue weighted by Gasteiger charge is 2.26. The van der Waals surface area contributed by atoms with Crippen LogP contribution < -0.4 is 5.32 Å². The predicted molar refractivity (Wildman–Crippen MR) is 130 cm³/mol. The molecule has 1 amide bonds. The molecule has 3 N–H and O–H groups in total. The van der Waals surface area contributed by atoms with Gasteiger partial charge in [0.2, 0.25) is 0 Å². The maximum Gasteiger partial charge on any atom is 0.331 e. The molecule has 0 saturated carbocycles. The van der Waals surface area contributed by atoms with Gasteiger partial charge in [-0.3, -0.25) is 4.79 Å². The van der Waals surface area contributed by atoms with E-state index in [1.165, 1.54) is 18.9 Å². The number of ether oxygens (including phenoxy) is 2. The topological polar surface area (TPSA) is 105 Å². The van der Waals surface area contributed by atoms with E-state index < -0.39 is 24.0 Å². The monoisotopic (exact) mass is 483 g/mol. The molecule has 1 heterocycles. The van der Waals surface area contributed by atoms with Crippen LogP contribution in [0, 0.1) is 23.7 Å². The Kier molecular flexibility index (Phi) is 11.9. The smallest absolute Gasteiger partial charge is 0.331 e. The number of carbonyl (C=O) groups excluding carboxylic acids is 2. The van der Waals surface area contributed by atoms with Crippen LogP contribution in [0.2, 0.25) is 0 Å². The first-order valence-corrected chi connectivity index (χ1v) is 11.7. The highest BCUT2D eigenvalue weighted by atomic mass is 32.1. The van der Waals surface area contributed by atoms with Crippen molar-refractivity contribution in [1.82, 2.24) is 5.32 Å². The van der Waals surface area contributed by atoms with Gasteiger partial charge in [0.1, 0.15) is 0 Å². The number of unbranched alkanes of at least 4 members (excludes halogenated alkanes) is 1. The number of nitrogens with one attached hydrogen (secondary N) is 1. The summed E-state index contributed by atoms with van der Waals surface area (Å²) in [5, 5.41) is 20.8. The van der Waals surface area contributed by atoms with E-state index in [2.05, 4.69) is 39.8 Å². The Hall–Kier alpha value is -3.14. The number of thiophene rings is 1. The molecule has 0 saturated heterocycles. The number of aliphatic hydroxyl groups is 2. The van der Waals surface area contributed by atoms with Crippen LogP contribution in [0.25, 0.3) is 0 Å². The number of benzene rings is 1. The fraction of sp³-hybridized carbons (Fsp3) is 0.385. The Bertz CT molecular complexity index is 1050. The van der Waals surface area contributed by atoms with Crippen LogP contribution in [0.15, 0.2) is 36.4 Å². The molecule has 2 rings (SSSR count). The third-order valence-electron chi connectivity index (χ3n) is 4.69. The third-order valence-corrected chi connectivity index (χ3v) is 5.75. The lowest BCUT2D eigenvalue weighted by Crippen LogP contribution is -2.48. The van der Waals surface area contributed by atoms with Gasteiger partial charge in [-0.25, -0.2) is 4.79 Å². The summed E-state index contributed by atoms with van der Waals surface area (Å²) in [7, 11) is 1.19. The molecule has 0 aliphatic carbocycles. The maximum atomic E-state index is 12.3. The maximum absolute atomic E-state index is 12.3. The van der Waals surface area contributed by atoms with Gasteiger partial charge in [0, 0.05) is 22.6 Å². The summed E-state index contributed by atoms with van der Waals surface area (Å²) in [6.45, 7) is 2.51. The van der Waals surface area contributed by atoms with Gasteiger partial charge in [0.05, 0.1) is 31.3 Å². The number of esters is 1. The van der Waals surface area contributed by atoms with Crippen molar-refractivity contribution in [3.63, 3.8) is 0 Å². The Balaban J connectivity index is 1.86. The molecule has 0 unspecified atom stereocenters. The van der Waals surface area contributed by atoms with Crippen LogP contribution in [0.1, 0.15) is 45.4 Å². The van der Waals surface area contributed by atoms with Crippen molar-refractivity contribution in [2.24, 2.45) is 0 Å². The molecular weight excluding hydrogens is 454 g/mol. The fourth-order valence-electron chi connectivity index (χ4n) is 2.88. The highest BCUT2D eigenvalue weighted by molar-refractivity contribution is 7.12. The lowest BCUT2D eigenvalue weighted by Gasteiger charge is -2.18. The molecule has 180 valence electrons. The summed E-state index contributed by atoms with van der Waals surface area (Å²) < 4.78 is 9.85. The van der Waals surface area contributed by atoms with Crippen molar-refractivity contribution in [1.29, 1.82) is 0 Å². The van der Waals surface area contributed by atoms with Crippen LogP contribution in [-0.2, 0) is 20.7 Å².